The van der Waals surface area contributed by atoms with Crippen LogP contribution in [0.4, 0.5) is 5.69 Å². The van der Waals surface area contributed by atoms with Crippen LogP contribution in [-0.2, 0) is 4.79 Å². The number of hydrogen-bond donors (Lipinski definition) is 1. The maximum absolute atomic E-state index is 11.8. The molecule has 1 heterocycles. The maximum atomic E-state index is 11.8. The fourth-order valence-corrected chi connectivity index (χ4v) is 3.84. The van der Waals surface area contributed by atoms with E-state index in [2.05, 4.69) is 51.7 Å². The average Bonchev–Trinajstić information content (AvgIpc) is 2.30. The van der Waals surface area contributed by atoms with Crippen LogP contribution in [0.25, 0.3) is 0 Å². The van der Waals surface area contributed by atoms with Crippen LogP contribution in [0, 0.1) is 13.8 Å². The Morgan fingerprint density at radius 2 is 1.81 bits per heavy atom. The Kier molecular flexibility index (Phi) is 3.59. The number of fused-ring (bicyclic) bond motifs is 1. The van der Waals surface area contributed by atoms with Crippen molar-refractivity contribution in [1.82, 2.24) is 0 Å². The van der Waals surface area contributed by atoms with E-state index >= 15 is 0 Å². The zero-order valence-electron chi connectivity index (χ0n) is 14.2. The third-order valence-corrected chi connectivity index (χ3v) is 4.91. The standard InChI is InChI=1S/C18H27NO2/c1-11-8-14-13(3)10-17(4,5)19(15(14)9-12(11)2)18(6,7)16(20)21/h8-9,13H,10H2,1-7H3,(H,20,21). The topological polar surface area (TPSA) is 40.5 Å². The zero-order chi connectivity index (χ0) is 16.2. The van der Waals surface area contributed by atoms with Crippen LogP contribution in [0.15, 0.2) is 12.1 Å². The first-order valence-corrected chi connectivity index (χ1v) is 7.63. The molecule has 0 spiro atoms. The molecule has 0 aromatic heterocycles. The average molecular weight is 289 g/mol. The highest BCUT2D eigenvalue weighted by molar-refractivity contribution is 5.84. The number of anilines is 1. The molecule has 3 nitrogen and oxygen atoms in total. The monoisotopic (exact) mass is 289 g/mol. The Hall–Kier alpha value is -1.51. The van der Waals surface area contributed by atoms with Crippen molar-refractivity contribution in [3.05, 3.63) is 28.8 Å². The van der Waals surface area contributed by atoms with Crippen molar-refractivity contribution >= 4 is 11.7 Å². The first-order chi connectivity index (χ1) is 9.48. The van der Waals surface area contributed by atoms with Gasteiger partial charge in [0, 0.05) is 11.2 Å². The van der Waals surface area contributed by atoms with Gasteiger partial charge in [-0.15, -0.1) is 0 Å². The van der Waals surface area contributed by atoms with Crippen molar-refractivity contribution in [3.8, 4) is 0 Å². The number of carboxylic acids is 1. The Morgan fingerprint density at radius 1 is 1.29 bits per heavy atom. The van der Waals surface area contributed by atoms with E-state index in [-0.39, 0.29) is 5.54 Å². The van der Waals surface area contributed by atoms with Gasteiger partial charge < -0.3 is 10.0 Å². The first-order valence-electron chi connectivity index (χ1n) is 7.63. The van der Waals surface area contributed by atoms with E-state index in [1.807, 2.05) is 0 Å². The van der Waals surface area contributed by atoms with Crippen molar-refractivity contribution in [2.75, 3.05) is 4.90 Å². The van der Waals surface area contributed by atoms with E-state index in [1.54, 1.807) is 13.8 Å². The molecule has 0 aliphatic carbocycles. The zero-order valence-corrected chi connectivity index (χ0v) is 14.2. The van der Waals surface area contributed by atoms with Gasteiger partial charge in [-0.25, -0.2) is 4.79 Å². The van der Waals surface area contributed by atoms with Crippen molar-refractivity contribution in [1.29, 1.82) is 0 Å². The summed E-state index contributed by atoms with van der Waals surface area (Å²) < 4.78 is 0. The van der Waals surface area contributed by atoms with Crippen molar-refractivity contribution in [2.45, 2.75) is 71.9 Å². The van der Waals surface area contributed by atoms with Gasteiger partial charge in [0.15, 0.2) is 0 Å². The molecule has 0 bridgehead atoms. The summed E-state index contributed by atoms with van der Waals surface area (Å²) in [5, 5.41) is 9.70. The van der Waals surface area contributed by atoms with Gasteiger partial charge in [0.1, 0.15) is 5.54 Å². The molecule has 116 valence electrons. The molecule has 0 fully saturated rings. The number of nitrogens with zero attached hydrogens (tertiary/aromatic N) is 1. The fourth-order valence-electron chi connectivity index (χ4n) is 3.84. The lowest BCUT2D eigenvalue weighted by Gasteiger charge is -2.53. The predicted molar refractivity (Wildman–Crippen MR) is 87.2 cm³/mol. The first kappa shape index (κ1) is 15.9. The van der Waals surface area contributed by atoms with Gasteiger partial charge in [-0.2, -0.15) is 0 Å². The van der Waals surface area contributed by atoms with Crippen molar-refractivity contribution in [2.24, 2.45) is 0 Å². The Labute approximate surface area is 128 Å². The SMILES string of the molecule is Cc1cc2c(cc1C)N(C(C)(C)C(=O)O)C(C)(C)CC2C. The Balaban J connectivity index is 2.72. The van der Waals surface area contributed by atoms with Crippen LogP contribution >= 0.6 is 0 Å². The molecule has 1 aromatic carbocycles. The minimum atomic E-state index is -0.930. The molecule has 0 radical (unpaired) electrons. The lowest BCUT2D eigenvalue weighted by atomic mass is 9.76. The molecule has 1 aliphatic rings. The normalized spacial score (nSPS) is 21.1. The molecule has 0 amide bonds. The third-order valence-electron chi connectivity index (χ3n) is 4.91. The highest BCUT2D eigenvalue weighted by Crippen LogP contribution is 2.47. The summed E-state index contributed by atoms with van der Waals surface area (Å²) in [6.07, 6.45) is 0.958. The van der Waals surface area contributed by atoms with E-state index in [9.17, 15) is 9.90 Å². The molecule has 2 rings (SSSR count). The van der Waals surface area contributed by atoms with Gasteiger partial charge in [0.2, 0.25) is 0 Å². The summed E-state index contributed by atoms with van der Waals surface area (Å²) in [6.45, 7) is 14.3. The van der Waals surface area contributed by atoms with Crippen LogP contribution in [0.3, 0.4) is 0 Å². The van der Waals surface area contributed by atoms with Crippen LogP contribution < -0.4 is 4.90 Å². The smallest absolute Gasteiger partial charge is 0.328 e. The minimum absolute atomic E-state index is 0.185. The fraction of sp³-hybridized carbons (Fsp3) is 0.611. The second-order valence-corrected chi connectivity index (χ2v) is 7.61. The minimum Gasteiger partial charge on any atom is -0.480 e. The number of rotatable bonds is 2. The lowest BCUT2D eigenvalue weighted by molar-refractivity contribution is -0.142. The summed E-state index contributed by atoms with van der Waals surface area (Å²) in [5.41, 5.74) is 3.72. The molecule has 1 N–H and O–H groups in total. The predicted octanol–water partition coefficient (Wildman–Crippen LogP) is 4.26. The molecule has 21 heavy (non-hydrogen) atoms. The summed E-state index contributed by atoms with van der Waals surface area (Å²) in [5.74, 6) is -0.343. The Morgan fingerprint density at radius 3 is 2.33 bits per heavy atom. The van der Waals surface area contributed by atoms with E-state index < -0.39 is 11.5 Å². The number of aliphatic carboxylic acids is 1. The number of carbonyl (C=O) groups is 1. The quantitative estimate of drug-likeness (QED) is 0.884. The van der Waals surface area contributed by atoms with Crippen LogP contribution in [0.2, 0.25) is 0 Å². The summed E-state index contributed by atoms with van der Waals surface area (Å²) in [4.78, 5) is 13.9. The molecule has 1 atom stereocenters. The largest absolute Gasteiger partial charge is 0.480 e. The van der Waals surface area contributed by atoms with Gasteiger partial charge in [-0.1, -0.05) is 13.0 Å². The molecular formula is C18H27NO2. The Bertz CT molecular complexity index is 587. The van der Waals surface area contributed by atoms with E-state index in [4.69, 9.17) is 0 Å². The van der Waals surface area contributed by atoms with E-state index in [0.29, 0.717) is 5.92 Å². The van der Waals surface area contributed by atoms with Crippen LogP contribution in [0.5, 0.6) is 0 Å². The highest BCUT2D eigenvalue weighted by atomic mass is 16.4. The molecule has 1 aliphatic heterocycles. The maximum Gasteiger partial charge on any atom is 0.328 e. The molecule has 1 aromatic rings. The number of carboxylic acid groups (broad SMARTS) is 1. The second kappa shape index (κ2) is 4.75. The lowest BCUT2D eigenvalue weighted by Crippen LogP contribution is -2.61. The van der Waals surface area contributed by atoms with E-state index in [0.717, 1.165) is 12.1 Å². The summed E-state index contributed by atoms with van der Waals surface area (Å²) in [7, 11) is 0. The molecule has 0 saturated carbocycles. The van der Waals surface area contributed by atoms with Crippen LogP contribution in [-0.4, -0.2) is 22.2 Å². The highest BCUT2D eigenvalue weighted by Gasteiger charge is 2.47. The number of benzene rings is 1. The van der Waals surface area contributed by atoms with Crippen molar-refractivity contribution in [3.63, 3.8) is 0 Å². The van der Waals surface area contributed by atoms with Gasteiger partial charge in [0.25, 0.3) is 0 Å². The van der Waals surface area contributed by atoms with Gasteiger partial charge in [0.05, 0.1) is 0 Å². The third kappa shape index (κ3) is 2.43. The molecule has 1 unspecified atom stereocenters. The molecule has 0 saturated heterocycles. The summed E-state index contributed by atoms with van der Waals surface area (Å²) in [6, 6.07) is 4.39. The number of aryl methyl sites for hydroxylation is 2. The van der Waals surface area contributed by atoms with E-state index in [1.165, 1.54) is 16.7 Å². The number of hydrogen-bond acceptors (Lipinski definition) is 2. The molecule has 3 heteroatoms. The summed E-state index contributed by atoms with van der Waals surface area (Å²) >= 11 is 0. The second-order valence-electron chi connectivity index (χ2n) is 7.61. The van der Waals surface area contributed by atoms with Gasteiger partial charge >= 0.3 is 5.97 Å². The van der Waals surface area contributed by atoms with Crippen molar-refractivity contribution < 1.29 is 9.90 Å². The van der Waals surface area contributed by atoms with Gasteiger partial charge in [-0.3, -0.25) is 0 Å². The van der Waals surface area contributed by atoms with Crippen LogP contribution in [0.1, 0.15) is 63.6 Å². The van der Waals surface area contributed by atoms with Gasteiger partial charge in [-0.05, 0) is 76.6 Å². The molecular weight excluding hydrogens is 262 g/mol.